The van der Waals surface area contributed by atoms with Crippen LogP contribution in [-0.4, -0.2) is 56.0 Å². The molecule has 0 saturated carbocycles. The summed E-state index contributed by atoms with van der Waals surface area (Å²) >= 11 is 0. The Kier molecular flexibility index (Phi) is 5.89. The number of carbonyl (C=O) groups is 2. The molecule has 1 aliphatic rings. The summed E-state index contributed by atoms with van der Waals surface area (Å²) in [6, 6.07) is 13.5. The zero-order valence-corrected chi connectivity index (χ0v) is 15.6. The molecule has 2 amide bonds. The first-order valence-electron chi connectivity index (χ1n) is 9.40. The van der Waals surface area contributed by atoms with Crippen LogP contribution < -0.4 is 10.2 Å². The Bertz CT molecular complexity index is 784. The van der Waals surface area contributed by atoms with Crippen LogP contribution >= 0.6 is 0 Å². The summed E-state index contributed by atoms with van der Waals surface area (Å²) in [7, 11) is 2.16. The van der Waals surface area contributed by atoms with E-state index in [1.54, 1.807) is 6.92 Å². The molecule has 3 rings (SSSR count). The molecule has 2 aromatic carbocycles. The Morgan fingerprint density at radius 1 is 1.12 bits per heavy atom. The second kappa shape index (κ2) is 8.32. The SMILES string of the molecule is C[C@H](NC(=O)Cc1cccc2ccccc12)C(=O)N1CCC[NH+](C)CC1. The maximum atomic E-state index is 12.7. The average molecular weight is 354 g/mol. The number of hydrogen-bond donors (Lipinski definition) is 2. The summed E-state index contributed by atoms with van der Waals surface area (Å²) < 4.78 is 0. The van der Waals surface area contributed by atoms with Gasteiger partial charge in [-0.05, 0) is 23.3 Å². The summed E-state index contributed by atoms with van der Waals surface area (Å²) in [5.41, 5.74) is 0.986. The van der Waals surface area contributed by atoms with E-state index in [1.807, 2.05) is 47.4 Å². The van der Waals surface area contributed by atoms with Crippen LogP contribution in [0.15, 0.2) is 42.5 Å². The predicted molar refractivity (Wildman–Crippen MR) is 103 cm³/mol. The van der Waals surface area contributed by atoms with E-state index in [-0.39, 0.29) is 18.2 Å². The van der Waals surface area contributed by atoms with E-state index in [4.69, 9.17) is 0 Å². The van der Waals surface area contributed by atoms with Crippen molar-refractivity contribution in [2.45, 2.75) is 25.8 Å². The standard InChI is InChI=1S/C21H27N3O2/c1-16(21(26)24-12-6-11-23(2)13-14-24)22-20(25)15-18-9-5-8-17-7-3-4-10-19(17)18/h3-5,7-10,16H,6,11-15H2,1-2H3,(H,22,25)/p+1/t16-/m0/s1. The van der Waals surface area contributed by atoms with Gasteiger partial charge in [0.1, 0.15) is 6.04 Å². The summed E-state index contributed by atoms with van der Waals surface area (Å²) in [5.74, 6) is -0.0919. The lowest BCUT2D eigenvalue weighted by Crippen LogP contribution is -3.09. The molecule has 2 N–H and O–H groups in total. The molecule has 1 saturated heterocycles. The van der Waals surface area contributed by atoms with Crippen LogP contribution in [0.2, 0.25) is 0 Å². The van der Waals surface area contributed by atoms with Gasteiger partial charge in [-0.15, -0.1) is 0 Å². The molecule has 5 heteroatoms. The molecule has 5 nitrogen and oxygen atoms in total. The smallest absolute Gasteiger partial charge is 0.245 e. The number of likely N-dealkylation sites (N-methyl/N-ethyl adjacent to an activating group) is 1. The van der Waals surface area contributed by atoms with Gasteiger partial charge in [-0.3, -0.25) is 9.59 Å². The average Bonchev–Trinajstić information content (AvgIpc) is 2.86. The third kappa shape index (κ3) is 4.41. The fourth-order valence-corrected chi connectivity index (χ4v) is 3.60. The van der Waals surface area contributed by atoms with Crippen molar-refractivity contribution in [2.75, 3.05) is 33.2 Å². The van der Waals surface area contributed by atoms with Gasteiger partial charge in [-0.25, -0.2) is 0 Å². The quantitative estimate of drug-likeness (QED) is 0.846. The third-order valence-corrected chi connectivity index (χ3v) is 5.13. The first-order chi connectivity index (χ1) is 12.5. The van der Waals surface area contributed by atoms with Crippen LogP contribution in [0.1, 0.15) is 18.9 Å². The minimum Gasteiger partial charge on any atom is -0.344 e. The number of nitrogens with zero attached hydrogens (tertiary/aromatic N) is 1. The highest BCUT2D eigenvalue weighted by atomic mass is 16.2. The van der Waals surface area contributed by atoms with E-state index in [9.17, 15) is 9.59 Å². The summed E-state index contributed by atoms with van der Waals surface area (Å²) in [6.07, 6.45) is 1.29. The molecule has 0 aromatic heterocycles. The van der Waals surface area contributed by atoms with E-state index >= 15 is 0 Å². The highest BCUT2D eigenvalue weighted by Gasteiger charge is 2.24. The van der Waals surface area contributed by atoms with Crippen LogP contribution in [-0.2, 0) is 16.0 Å². The first-order valence-corrected chi connectivity index (χ1v) is 9.40. The minimum absolute atomic E-state index is 0.0194. The van der Waals surface area contributed by atoms with Gasteiger partial charge < -0.3 is 15.1 Å². The normalized spacial score (nSPS) is 19.0. The highest BCUT2D eigenvalue weighted by molar-refractivity contribution is 5.92. The number of fused-ring (bicyclic) bond motifs is 1. The first kappa shape index (κ1) is 18.4. The highest BCUT2D eigenvalue weighted by Crippen LogP contribution is 2.18. The molecule has 26 heavy (non-hydrogen) atoms. The van der Waals surface area contributed by atoms with Crippen LogP contribution in [0.5, 0.6) is 0 Å². The Hall–Kier alpha value is -2.40. The Balaban J connectivity index is 1.61. The van der Waals surface area contributed by atoms with Gasteiger partial charge in [0.15, 0.2) is 0 Å². The number of rotatable bonds is 4. The Morgan fingerprint density at radius 3 is 2.73 bits per heavy atom. The van der Waals surface area contributed by atoms with Gasteiger partial charge in [0, 0.05) is 13.0 Å². The second-order valence-corrected chi connectivity index (χ2v) is 7.24. The summed E-state index contributed by atoms with van der Waals surface area (Å²) in [4.78, 5) is 28.5. The maximum absolute atomic E-state index is 12.7. The molecule has 2 atom stereocenters. The van der Waals surface area contributed by atoms with Crippen molar-refractivity contribution >= 4 is 22.6 Å². The monoisotopic (exact) mass is 354 g/mol. The molecular weight excluding hydrogens is 326 g/mol. The second-order valence-electron chi connectivity index (χ2n) is 7.24. The van der Waals surface area contributed by atoms with E-state index < -0.39 is 6.04 Å². The van der Waals surface area contributed by atoms with Crippen LogP contribution in [0, 0.1) is 0 Å². The van der Waals surface area contributed by atoms with E-state index in [1.165, 1.54) is 4.90 Å². The van der Waals surface area contributed by atoms with Crippen LogP contribution in [0.3, 0.4) is 0 Å². The molecule has 138 valence electrons. The number of carbonyl (C=O) groups excluding carboxylic acids is 2. The molecular formula is C21H28N3O2+. The van der Waals surface area contributed by atoms with E-state index in [2.05, 4.69) is 12.4 Å². The number of benzene rings is 2. The molecule has 0 bridgehead atoms. The molecule has 0 radical (unpaired) electrons. The lowest BCUT2D eigenvalue weighted by molar-refractivity contribution is -0.877. The van der Waals surface area contributed by atoms with Gasteiger partial charge in [0.2, 0.25) is 11.8 Å². The number of nitrogens with one attached hydrogen (secondary N) is 2. The Labute approximate surface area is 155 Å². The van der Waals surface area contributed by atoms with Crippen molar-refractivity contribution in [3.63, 3.8) is 0 Å². The fourth-order valence-electron chi connectivity index (χ4n) is 3.60. The van der Waals surface area contributed by atoms with Crippen molar-refractivity contribution in [2.24, 2.45) is 0 Å². The summed E-state index contributed by atoms with van der Waals surface area (Å²) in [5, 5.41) is 5.09. The predicted octanol–water partition coefficient (Wildman–Crippen LogP) is 0.634. The Morgan fingerprint density at radius 2 is 1.88 bits per heavy atom. The molecule has 0 spiro atoms. The topological polar surface area (TPSA) is 53.9 Å². The molecule has 2 aromatic rings. The summed E-state index contributed by atoms with van der Waals surface area (Å²) in [6.45, 7) is 5.37. The van der Waals surface area contributed by atoms with Crippen molar-refractivity contribution in [3.8, 4) is 0 Å². The number of quaternary nitrogens is 1. The number of hydrogen-bond acceptors (Lipinski definition) is 2. The molecule has 1 unspecified atom stereocenters. The maximum Gasteiger partial charge on any atom is 0.245 e. The van der Waals surface area contributed by atoms with Crippen LogP contribution in [0.25, 0.3) is 10.8 Å². The van der Waals surface area contributed by atoms with Crippen molar-refractivity contribution in [3.05, 3.63) is 48.0 Å². The van der Waals surface area contributed by atoms with E-state index in [0.717, 1.165) is 48.9 Å². The molecule has 1 heterocycles. The zero-order chi connectivity index (χ0) is 18.5. The third-order valence-electron chi connectivity index (χ3n) is 5.13. The van der Waals surface area contributed by atoms with Gasteiger partial charge in [-0.1, -0.05) is 42.5 Å². The van der Waals surface area contributed by atoms with Gasteiger partial charge in [-0.2, -0.15) is 0 Å². The lowest BCUT2D eigenvalue weighted by atomic mass is 10.0. The fraction of sp³-hybridized carbons (Fsp3) is 0.429. The minimum atomic E-state index is -0.490. The van der Waals surface area contributed by atoms with Gasteiger partial charge in [0.05, 0.1) is 33.1 Å². The molecule has 1 fully saturated rings. The molecule has 0 aliphatic carbocycles. The largest absolute Gasteiger partial charge is 0.344 e. The molecule has 1 aliphatic heterocycles. The lowest BCUT2D eigenvalue weighted by Gasteiger charge is -2.24. The zero-order valence-electron chi connectivity index (χ0n) is 15.6. The van der Waals surface area contributed by atoms with Crippen molar-refractivity contribution in [1.29, 1.82) is 0 Å². The van der Waals surface area contributed by atoms with Gasteiger partial charge in [0.25, 0.3) is 0 Å². The van der Waals surface area contributed by atoms with Crippen molar-refractivity contribution in [1.82, 2.24) is 10.2 Å². The van der Waals surface area contributed by atoms with E-state index in [0.29, 0.717) is 0 Å². The van der Waals surface area contributed by atoms with Crippen molar-refractivity contribution < 1.29 is 14.5 Å². The number of amides is 2. The van der Waals surface area contributed by atoms with Gasteiger partial charge >= 0.3 is 0 Å². The van der Waals surface area contributed by atoms with Crippen LogP contribution in [0.4, 0.5) is 0 Å².